The van der Waals surface area contributed by atoms with Crippen molar-refractivity contribution in [1.82, 2.24) is 0 Å². The van der Waals surface area contributed by atoms with Crippen LogP contribution in [0.15, 0.2) is 12.2 Å². The summed E-state index contributed by atoms with van der Waals surface area (Å²) in [5.41, 5.74) is 0. The van der Waals surface area contributed by atoms with Crippen molar-refractivity contribution >= 4 is 5.97 Å². The van der Waals surface area contributed by atoms with Crippen LogP contribution in [-0.2, 0) is 9.53 Å². The van der Waals surface area contributed by atoms with Gasteiger partial charge in [0.25, 0.3) is 0 Å². The van der Waals surface area contributed by atoms with Crippen LogP contribution < -0.4 is 0 Å². The molecular weight excluding hydrogens is 144 g/mol. The van der Waals surface area contributed by atoms with Crippen molar-refractivity contribution in [1.29, 1.82) is 0 Å². The van der Waals surface area contributed by atoms with E-state index >= 15 is 0 Å². The average Bonchev–Trinajstić information content (AvgIpc) is 2.34. The van der Waals surface area contributed by atoms with E-state index in [-0.39, 0.29) is 24.6 Å². The normalized spacial score (nSPS) is 28.9. The summed E-state index contributed by atoms with van der Waals surface area (Å²) in [6.45, 7) is 1.45. The number of hydrogen-bond donors (Lipinski definition) is 1. The molecule has 0 amide bonds. The van der Waals surface area contributed by atoms with Gasteiger partial charge < -0.3 is 9.84 Å². The summed E-state index contributed by atoms with van der Waals surface area (Å²) < 4.78 is 4.93. The molecule has 0 aromatic heterocycles. The number of rotatable bonds is 2. The highest BCUT2D eigenvalue weighted by atomic mass is 16.5. The fourth-order valence-electron chi connectivity index (χ4n) is 1.18. The Balaban J connectivity index is 2.43. The van der Waals surface area contributed by atoms with Crippen LogP contribution in [0.4, 0.5) is 0 Å². The molecule has 0 bridgehead atoms. The highest BCUT2D eigenvalue weighted by Crippen LogP contribution is 2.20. The minimum atomic E-state index is -0.292. The van der Waals surface area contributed by atoms with E-state index in [1.54, 1.807) is 0 Å². The molecule has 0 radical (unpaired) electrons. The first-order valence-corrected chi connectivity index (χ1v) is 3.68. The second kappa shape index (κ2) is 3.53. The first-order valence-electron chi connectivity index (χ1n) is 3.68. The first-order chi connectivity index (χ1) is 5.24. The Bertz CT molecular complexity index is 174. The van der Waals surface area contributed by atoms with Crippen molar-refractivity contribution in [3.8, 4) is 0 Å². The third kappa shape index (κ3) is 2.05. The topological polar surface area (TPSA) is 46.5 Å². The highest BCUT2D eigenvalue weighted by Gasteiger charge is 2.24. The van der Waals surface area contributed by atoms with E-state index < -0.39 is 0 Å². The monoisotopic (exact) mass is 156 g/mol. The summed E-state index contributed by atoms with van der Waals surface area (Å²) in [4.78, 5) is 10.5. The predicted molar refractivity (Wildman–Crippen MR) is 39.9 cm³/mol. The van der Waals surface area contributed by atoms with Crippen LogP contribution in [0, 0.1) is 5.92 Å². The minimum absolute atomic E-state index is 0.0684. The maximum absolute atomic E-state index is 10.5. The van der Waals surface area contributed by atoms with Crippen LogP contribution >= 0.6 is 0 Å². The lowest BCUT2D eigenvalue weighted by Gasteiger charge is -2.15. The lowest BCUT2D eigenvalue weighted by molar-refractivity contribution is -0.146. The van der Waals surface area contributed by atoms with Gasteiger partial charge in [0.1, 0.15) is 6.10 Å². The molecule has 62 valence electrons. The molecule has 3 heteroatoms. The van der Waals surface area contributed by atoms with Crippen LogP contribution in [0.2, 0.25) is 0 Å². The summed E-state index contributed by atoms with van der Waals surface area (Å²) in [5, 5.41) is 8.82. The Morgan fingerprint density at radius 3 is 3.09 bits per heavy atom. The molecule has 3 nitrogen and oxygen atoms in total. The maximum Gasteiger partial charge on any atom is 0.303 e. The van der Waals surface area contributed by atoms with Gasteiger partial charge in [0.05, 0.1) is 6.61 Å². The van der Waals surface area contributed by atoms with Crippen molar-refractivity contribution in [2.75, 3.05) is 6.61 Å². The van der Waals surface area contributed by atoms with Gasteiger partial charge in [-0.2, -0.15) is 0 Å². The molecule has 0 heterocycles. The van der Waals surface area contributed by atoms with Gasteiger partial charge in [-0.25, -0.2) is 0 Å². The van der Waals surface area contributed by atoms with Gasteiger partial charge in [-0.05, 0) is 12.5 Å². The Morgan fingerprint density at radius 1 is 1.82 bits per heavy atom. The van der Waals surface area contributed by atoms with E-state index in [0.717, 1.165) is 6.42 Å². The molecule has 11 heavy (non-hydrogen) atoms. The molecule has 0 aromatic rings. The second-order valence-corrected chi connectivity index (χ2v) is 2.68. The van der Waals surface area contributed by atoms with Gasteiger partial charge in [0, 0.05) is 12.8 Å². The van der Waals surface area contributed by atoms with Crippen LogP contribution in [0.25, 0.3) is 0 Å². The number of ether oxygens (including phenoxy) is 1. The molecular formula is C8H12O3. The van der Waals surface area contributed by atoms with Crippen molar-refractivity contribution in [2.24, 2.45) is 5.92 Å². The fraction of sp³-hybridized carbons (Fsp3) is 0.625. The fourth-order valence-corrected chi connectivity index (χ4v) is 1.18. The Hall–Kier alpha value is -0.830. The van der Waals surface area contributed by atoms with E-state index in [0.29, 0.717) is 0 Å². The number of hydrogen-bond acceptors (Lipinski definition) is 3. The van der Waals surface area contributed by atoms with Crippen molar-refractivity contribution in [3.05, 3.63) is 12.2 Å². The van der Waals surface area contributed by atoms with Crippen LogP contribution in [0.3, 0.4) is 0 Å². The summed E-state index contributed by atoms with van der Waals surface area (Å²) in [5.74, 6) is -0.223. The predicted octanol–water partition coefficient (Wildman–Crippen LogP) is 0.486. The first kappa shape index (κ1) is 8.27. The quantitative estimate of drug-likeness (QED) is 0.467. The van der Waals surface area contributed by atoms with Crippen molar-refractivity contribution in [3.63, 3.8) is 0 Å². The average molecular weight is 156 g/mol. The molecule has 0 aliphatic heterocycles. The van der Waals surface area contributed by atoms with Gasteiger partial charge in [-0.15, -0.1) is 0 Å². The molecule has 0 spiro atoms. The molecule has 1 rings (SSSR count). The van der Waals surface area contributed by atoms with Crippen LogP contribution in [-0.4, -0.2) is 23.8 Å². The molecule has 0 unspecified atom stereocenters. The number of carbonyl (C=O) groups is 1. The summed E-state index contributed by atoms with van der Waals surface area (Å²) in [7, 11) is 0. The Kier molecular flexibility index (Phi) is 2.65. The van der Waals surface area contributed by atoms with Crippen molar-refractivity contribution < 1.29 is 14.6 Å². The number of carbonyl (C=O) groups excluding carboxylic acids is 1. The van der Waals surface area contributed by atoms with E-state index in [2.05, 4.69) is 0 Å². The molecule has 0 aromatic carbocycles. The minimum Gasteiger partial charge on any atom is -0.458 e. The zero-order valence-corrected chi connectivity index (χ0v) is 6.49. The van der Waals surface area contributed by atoms with E-state index in [1.807, 2.05) is 12.2 Å². The lowest BCUT2D eigenvalue weighted by atomic mass is 10.1. The number of aliphatic hydroxyl groups is 1. The van der Waals surface area contributed by atoms with Gasteiger partial charge in [0.2, 0.25) is 0 Å². The molecule has 1 N–H and O–H groups in total. The number of allylic oxidation sites excluding steroid dienone is 1. The zero-order valence-electron chi connectivity index (χ0n) is 6.49. The summed E-state index contributed by atoms with van der Waals surface area (Å²) in [6, 6.07) is 0. The summed E-state index contributed by atoms with van der Waals surface area (Å²) in [6.07, 6.45) is 4.34. The van der Waals surface area contributed by atoms with Gasteiger partial charge in [-0.1, -0.05) is 6.08 Å². The molecule has 2 atom stereocenters. The van der Waals surface area contributed by atoms with Crippen LogP contribution in [0.1, 0.15) is 13.3 Å². The summed E-state index contributed by atoms with van der Waals surface area (Å²) >= 11 is 0. The number of esters is 1. The van der Waals surface area contributed by atoms with Crippen molar-refractivity contribution in [2.45, 2.75) is 19.4 Å². The van der Waals surface area contributed by atoms with Gasteiger partial charge in [0.15, 0.2) is 0 Å². The zero-order chi connectivity index (χ0) is 8.27. The van der Waals surface area contributed by atoms with Gasteiger partial charge in [-0.3, -0.25) is 4.79 Å². The number of aliphatic hydroxyl groups excluding tert-OH is 1. The third-order valence-electron chi connectivity index (χ3n) is 1.77. The second-order valence-electron chi connectivity index (χ2n) is 2.68. The van der Waals surface area contributed by atoms with E-state index in [4.69, 9.17) is 9.84 Å². The van der Waals surface area contributed by atoms with E-state index in [1.165, 1.54) is 6.92 Å². The molecule has 0 saturated carbocycles. The largest absolute Gasteiger partial charge is 0.458 e. The smallest absolute Gasteiger partial charge is 0.303 e. The Labute approximate surface area is 65.7 Å². The molecule has 0 fully saturated rings. The molecule has 1 aliphatic rings. The standard InChI is InChI=1S/C8H12O3/c1-6(10)11-8-4-2-3-7(8)5-9/h2,4,7-9H,3,5H2,1H3/t7-,8-/m1/s1. The van der Waals surface area contributed by atoms with E-state index in [9.17, 15) is 4.79 Å². The van der Waals surface area contributed by atoms with Gasteiger partial charge >= 0.3 is 5.97 Å². The third-order valence-corrected chi connectivity index (χ3v) is 1.77. The lowest BCUT2D eigenvalue weighted by Crippen LogP contribution is -2.23. The molecule has 1 aliphatic carbocycles. The SMILES string of the molecule is CC(=O)O[C@@H]1C=CC[C@@H]1CO. The van der Waals surface area contributed by atoms with Crippen LogP contribution in [0.5, 0.6) is 0 Å². The Morgan fingerprint density at radius 2 is 2.55 bits per heavy atom. The molecule has 0 saturated heterocycles. The maximum atomic E-state index is 10.5. The highest BCUT2D eigenvalue weighted by molar-refractivity contribution is 5.66.